The first kappa shape index (κ1) is 14.0. The predicted molar refractivity (Wildman–Crippen MR) is 70.6 cm³/mol. The molecule has 0 radical (unpaired) electrons. The van der Waals surface area contributed by atoms with Crippen LogP contribution in [0.5, 0.6) is 0 Å². The second kappa shape index (κ2) is 5.66. The lowest BCUT2D eigenvalue weighted by molar-refractivity contribution is -0.149. The number of halogens is 1. The summed E-state index contributed by atoms with van der Waals surface area (Å²) in [5.74, 6) is -0.829. The number of carbonyl (C=O) groups is 3. The van der Waals surface area contributed by atoms with Crippen molar-refractivity contribution in [3.8, 4) is 0 Å². The highest BCUT2D eigenvalue weighted by molar-refractivity contribution is 8.00. The lowest BCUT2D eigenvalue weighted by Gasteiger charge is -2.48. The van der Waals surface area contributed by atoms with Gasteiger partial charge in [0.05, 0.1) is 0 Å². The summed E-state index contributed by atoms with van der Waals surface area (Å²) in [6, 6.07) is -0.643. The number of rotatable bonds is 5. The van der Waals surface area contributed by atoms with Crippen molar-refractivity contribution in [2.24, 2.45) is 0 Å². The lowest BCUT2D eigenvalue weighted by Crippen LogP contribution is -2.69. The number of allylic oxidation sites excluding steroid dienone is 2. The van der Waals surface area contributed by atoms with Crippen LogP contribution in [0.15, 0.2) is 23.4 Å². The summed E-state index contributed by atoms with van der Waals surface area (Å²) in [7, 11) is 0. The second-order valence-electron chi connectivity index (χ2n) is 3.91. The zero-order chi connectivity index (χ0) is 14.0. The SMILES string of the molecule is O=CN[C@@H]1C(=O)N2C(C(=O)O)=C(C=CCCl)CS[C@@H]12. The number of β-lactam (4-membered cyclic amide) rings is 1. The predicted octanol–water partition coefficient (Wildman–Crippen LogP) is 0.150. The molecule has 19 heavy (non-hydrogen) atoms. The first-order chi connectivity index (χ1) is 9.11. The molecule has 2 rings (SSSR count). The number of hydrogen-bond acceptors (Lipinski definition) is 4. The van der Waals surface area contributed by atoms with Crippen molar-refractivity contribution < 1.29 is 19.5 Å². The van der Waals surface area contributed by atoms with Gasteiger partial charge in [-0.25, -0.2) is 4.79 Å². The van der Waals surface area contributed by atoms with Gasteiger partial charge in [-0.05, 0) is 5.57 Å². The lowest BCUT2D eigenvalue weighted by atomic mass is 10.0. The van der Waals surface area contributed by atoms with Gasteiger partial charge in [-0.1, -0.05) is 12.2 Å². The van der Waals surface area contributed by atoms with Gasteiger partial charge < -0.3 is 10.4 Å². The molecule has 0 unspecified atom stereocenters. The Labute approximate surface area is 118 Å². The molecule has 2 aliphatic heterocycles. The van der Waals surface area contributed by atoms with Crippen LogP contribution in [0.4, 0.5) is 0 Å². The van der Waals surface area contributed by atoms with E-state index < -0.39 is 17.9 Å². The van der Waals surface area contributed by atoms with Gasteiger partial charge in [-0.15, -0.1) is 23.4 Å². The van der Waals surface area contributed by atoms with E-state index in [2.05, 4.69) is 5.32 Å². The minimum atomic E-state index is -1.16. The third kappa shape index (κ3) is 2.35. The maximum absolute atomic E-state index is 11.9. The first-order valence-corrected chi connectivity index (χ1v) is 7.03. The van der Waals surface area contributed by atoms with Crippen molar-refractivity contribution in [3.05, 3.63) is 23.4 Å². The van der Waals surface area contributed by atoms with Gasteiger partial charge in [0.2, 0.25) is 6.41 Å². The van der Waals surface area contributed by atoms with Crippen molar-refractivity contribution in [1.82, 2.24) is 10.2 Å². The molecule has 0 aromatic carbocycles. The molecule has 1 fully saturated rings. The Bertz CT molecular complexity index is 491. The number of carbonyl (C=O) groups excluding carboxylic acids is 2. The first-order valence-electron chi connectivity index (χ1n) is 5.45. The molecule has 0 aliphatic carbocycles. The zero-order valence-electron chi connectivity index (χ0n) is 9.71. The molecule has 102 valence electrons. The van der Waals surface area contributed by atoms with Gasteiger partial charge in [0.15, 0.2) is 0 Å². The smallest absolute Gasteiger partial charge is 0.352 e. The Morgan fingerprint density at radius 2 is 2.37 bits per heavy atom. The summed E-state index contributed by atoms with van der Waals surface area (Å²) in [5, 5.41) is 11.3. The van der Waals surface area contributed by atoms with E-state index in [4.69, 9.17) is 11.6 Å². The standard InChI is InChI=1S/C11H11ClN2O4S/c12-3-1-2-6-4-19-10-7(13-5-15)9(16)14(10)8(6)11(17)18/h1-2,5,7,10H,3-4H2,(H,13,15)(H,17,18)/t7-,10+/m1/s1. The van der Waals surface area contributed by atoms with Crippen LogP contribution in [-0.2, 0) is 14.4 Å². The van der Waals surface area contributed by atoms with Crippen LogP contribution >= 0.6 is 23.4 Å². The van der Waals surface area contributed by atoms with Gasteiger partial charge in [-0.2, -0.15) is 0 Å². The number of fused-ring (bicyclic) bond motifs is 1. The molecule has 2 aliphatic rings. The summed E-state index contributed by atoms with van der Waals surface area (Å²) in [5.41, 5.74) is 0.520. The third-order valence-electron chi connectivity index (χ3n) is 2.86. The van der Waals surface area contributed by atoms with Crippen LogP contribution in [0, 0.1) is 0 Å². The van der Waals surface area contributed by atoms with Crippen molar-refractivity contribution in [2.45, 2.75) is 11.4 Å². The van der Waals surface area contributed by atoms with E-state index in [1.165, 1.54) is 16.7 Å². The van der Waals surface area contributed by atoms with E-state index in [1.54, 1.807) is 12.2 Å². The van der Waals surface area contributed by atoms with E-state index in [0.29, 0.717) is 17.7 Å². The van der Waals surface area contributed by atoms with E-state index >= 15 is 0 Å². The number of nitrogens with zero attached hydrogens (tertiary/aromatic N) is 1. The highest BCUT2D eigenvalue weighted by atomic mass is 35.5. The molecule has 0 aromatic heterocycles. The van der Waals surface area contributed by atoms with Gasteiger partial charge in [-0.3, -0.25) is 14.5 Å². The monoisotopic (exact) mass is 302 g/mol. The molecular weight excluding hydrogens is 292 g/mol. The Morgan fingerprint density at radius 1 is 1.63 bits per heavy atom. The summed E-state index contributed by atoms with van der Waals surface area (Å²) in [6.45, 7) is 0. The molecule has 1 saturated heterocycles. The number of hydrogen-bond donors (Lipinski definition) is 2. The summed E-state index contributed by atoms with van der Waals surface area (Å²) < 4.78 is 0. The van der Waals surface area contributed by atoms with Crippen molar-refractivity contribution in [1.29, 1.82) is 0 Å². The van der Waals surface area contributed by atoms with Crippen LogP contribution < -0.4 is 5.32 Å². The van der Waals surface area contributed by atoms with Crippen LogP contribution in [0.25, 0.3) is 0 Å². The molecule has 2 N–H and O–H groups in total. The van der Waals surface area contributed by atoms with Crippen molar-refractivity contribution in [3.63, 3.8) is 0 Å². The van der Waals surface area contributed by atoms with E-state index in [1.807, 2.05) is 0 Å². The maximum atomic E-state index is 11.9. The topological polar surface area (TPSA) is 86.7 Å². The largest absolute Gasteiger partial charge is 0.477 e. The van der Waals surface area contributed by atoms with Gasteiger partial charge in [0.25, 0.3) is 5.91 Å². The Hall–Kier alpha value is -1.47. The Morgan fingerprint density at radius 3 is 2.95 bits per heavy atom. The van der Waals surface area contributed by atoms with Crippen LogP contribution in [0.1, 0.15) is 0 Å². The van der Waals surface area contributed by atoms with Gasteiger partial charge >= 0.3 is 5.97 Å². The van der Waals surface area contributed by atoms with Crippen molar-refractivity contribution >= 4 is 41.6 Å². The fourth-order valence-electron chi connectivity index (χ4n) is 2.05. The average molecular weight is 303 g/mol. The zero-order valence-corrected chi connectivity index (χ0v) is 11.3. The highest BCUT2D eigenvalue weighted by Crippen LogP contribution is 2.40. The number of carboxylic acids is 1. The quantitative estimate of drug-likeness (QED) is 0.429. The van der Waals surface area contributed by atoms with E-state index in [0.717, 1.165) is 0 Å². The van der Waals surface area contributed by atoms with Gasteiger partial charge in [0.1, 0.15) is 17.1 Å². The van der Waals surface area contributed by atoms with Crippen LogP contribution in [0.2, 0.25) is 0 Å². The minimum absolute atomic E-state index is 0.0286. The van der Waals surface area contributed by atoms with Gasteiger partial charge in [0, 0.05) is 11.6 Å². The number of aliphatic carboxylic acids is 1. The molecule has 0 aromatic rings. The number of carboxylic acid groups (broad SMARTS) is 1. The normalized spacial score (nSPS) is 26.2. The fraction of sp³-hybridized carbons (Fsp3) is 0.364. The molecule has 6 nitrogen and oxygen atoms in total. The summed E-state index contributed by atoms with van der Waals surface area (Å²) in [6.07, 6.45) is 3.70. The summed E-state index contributed by atoms with van der Waals surface area (Å²) in [4.78, 5) is 34.8. The number of nitrogens with one attached hydrogen (secondary N) is 1. The summed E-state index contributed by atoms with van der Waals surface area (Å²) >= 11 is 6.94. The highest BCUT2D eigenvalue weighted by Gasteiger charge is 2.53. The van der Waals surface area contributed by atoms with Crippen LogP contribution in [-0.4, -0.2) is 51.3 Å². The van der Waals surface area contributed by atoms with E-state index in [9.17, 15) is 19.5 Å². The number of thioether (sulfide) groups is 1. The number of amides is 2. The second-order valence-corrected chi connectivity index (χ2v) is 5.32. The minimum Gasteiger partial charge on any atom is -0.477 e. The molecule has 2 heterocycles. The molecule has 8 heteroatoms. The third-order valence-corrected chi connectivity index (χ3v) is 4.34. The molecular formula is C11H11ClN2O4S. The Balaban J connectivity index is 2.31. The van der Waals surface area contributed by atoms with E-state index in [-0.39, 0.29) is 17.0 Å². The average Bonchev–Trinajstić information content (AvgIpc) is 2.41. The van der Waals surface area contributed by atoms with Crippen molar-refractivity contribution in [2.75, 3.05) is 11.6 Å². The fourth-order valence-corrected chi connectivity index (χ4v) is 3.47. The molecule has 0 spiro atoms. The molecule has 2 atom stereocenters. The number of alkyl halides is 1. The maximum Gasteiger partial charge on any atom is 0.352 e. The molecule has 2 amide bonds. The Kier molecular flexibility index (Phi) is 4.16. The molecule has 0 bridgehead atoms. The molecule has 0 saturated carbocycles. The van der Waals surface area contributed by atoms with Crippen LogP contribution in [0.3, 0.4) is 0 Å².